The van der Waals surface area contributed by atoms with Gasteiger partial charge in [0.25, 0.3) is 5.92 Å². The largest absolute Gasteiger partial charge is 0.480 e. The Labute approximate surface area is 261 Å². The van der Waals surface area contributed by atoms with Crippen LogP contribution in [0, 0.1) is 23.6 Å². The number of rotatable bonds is 12. The number of piperidine rings is 1. The van der Waals surface area contributed by atoms with Gasteiger partial charge in [0, 0.05) is 38.0 Å². The topological polar surface area (TPSA) is 43.8 Å². The minimum atomic E-state index is -4.68. The van der Waals surface area contributed by atoms with Gasteiger partial charge >= 0.3 is 12.1 Å². The van der Waals surface area contributed by atoms with Crippen molar-refractivity contribution in [2.24, 2.45) is 17.8 Å². The van der Waals surface area contributed by atoms with Crippen LogP contribution in [0.1, 0.15) is 86.5 Å². The number of hydrogen-bond donors (Lipinski definition) is 1. The summed E-state index contributed by atoms with van der Waals surface area (Å²) in [4.78, 5) is 16.8. The normalized spacial score (nSPS) is 23.3. The van der Waals surface area contributed by atoms with Crippen LogP contribution in [0.4, 0.5) is 26.3 Å². The number of carboxylic acids is 1. The first-order valence-corrected chi connectivity index (χ1v) is 16.3. The number of halogens is 6. The molecule has 2 aliphatic heterocycles. The first-order valence-electron chi connectivity index (χ1n) is 16.3. The van der Waals surface area contributed by atoms with Gasteiger partial charge in [-0.25, -0.2) is 13.2 Å². The van der Waals surface area contributed by atoms with Crippen LogP contribution in [0.25, 0.3) is 0 Å². The van der Waals surface area contributed by atoms with Gasteiger partial charge in [-0.05, 0) is 104 Å². The molecule has 0 aromatic heterocycles. The van der Waals surface area contributed by atoms with Crippen LogP contribution in [0.2, 0.25) is 0 Å². The SMILES string of the molecule is CC(F)(F)c1cc(CCCC2CCN(CC3CN(C(CC4CCC4)C(=O)O)CC3c3cccc(F)c3)CC2)cc(C(F)(F)F)c1. The Morgan fingerprint density at radius 2 is 1.67 bits per heavy atom. The molecule has 45 heavy (non-hydrogen) atoms. The van der Waals surface area contributed by atoms with E-state index >= 15 is 0 Å². The van der Waals surface area contributed by atoms with Crippen molar-refractivity contribution in [2.45, 2.75) is 88.8 Å². The molecule has 3 fully saturated rings. The maximum absolute atomic E-state index is 14.2. The molecule has 3 unspecified atom stereocenters. The van der Waals surface area contributed by atoms with E-state index in [1.54, 1.807) is 12.1 Å². The molecule has 0 amide bonds. The lowest BCUT2D eigenvalue weighted by atomic mass is 9.80. The molecule has 0 spiro atoms. The van der Waals surface area contributed by atoms with Crippen LogP contribution >= 0.6 is 0 Å². The molecular formula is C35H44F6N2O2. The second-order valence-corrected chi connectivity index (χ2v) is 13.7. The molecule has 10 heteroatoms. The number of hydrogen-bond acceptors (Lipinski definition) is 3. The monoisotopic (exact) mass is 638 g/mol. The van der Waals surface area contributed by atoms with E-state index in [-0.39, 0.29) is 23.2 Å². The Bertz CT molecular complexity index is 1270. The predicted octanol–water partition coefficient (Wildman–Crippen LogP) is 8.35. The summed E-state index contributed by atoms with van der Waals surface area (Å²) in [5.74, 6) is -3.37. The van der Waals surface area contributed by atoms with Crippen LogP contribution in [0.15, 0.2) is 42.5 Å². The molecule has 3 aliphatic rings. The summed E-state index contributed by atoms with van der Waals surface area (Å²) in [5, 5.41) is 10.1. The molecule has 1 aliphatic carbocycles. The summed E-state index contributed by atoms with van der Waals surface area (Å²) < 4.78 is 82.0. The molecule has 2 aromatic rings. The minimum Gasteiger partial charge on any atom is -0.480 e. The van der Waals surface area contributed by atoms with Crippen molar-refractivity contribution in [3.8, 4) is 0 Å². The lowest BCUT2D eigenvalue weighted by molar-refractivity contribution is -0.144. The Kier molecular flexibility index (Phi) is 10.5. The number of carbonyl (C=O) groups is 1. The zero-order chi connectivity index (χ0) is 32.4. The quantitative estimate of drug-likeness (QED) is 0.238. The van der Waals surface area contributed by atoms with E-state index in [1.807, 2.05) is 6.07 Å². The van der Waals surface area contributed by atoms with Gasteiger partial charge in [-0.1, -0.05) is 37.8 Å². The predicted molar refractivity (Wildman–Crippen MR) is 161 cm³/mol. The number of aliphatic carboxylic acids is 1. The van der Waals surface area contributed by atoms with E-state index in [2.05, 4.69) is 9.80 Å². The molecule has 248 valence electrons. The highest BCUT2D eigenvalue weighted by Crippen LogP contribution is 2.39. The van der Waals surface area contributed by atoms with E-state index in [1.165, 1.54) is 12.1 Å². The number of benzene rings is 2. The zero-order valence-electron chi connectivity index (χ0n) is 25.8. The molecule has 3 atom stereocenters. The van der Waals surface area contributed by atoms with Crippen molar-refractivity contribution < 1.29 is 36.2 Å². The standard InChI is InChI=1S/C35H44F6N2O2/c1-34(37,38)28-15-25(16-29(19-28)35(39,40)41)8-2-5-23-11-13-42(14-12-23)20-27-21-43(32(33(44)45)17-24-6-3-7-24)22-31(27)26-9-4-10-30(36)18-26/h4,9-10,15-16,18-19,23-24,27,31-32H,2-3,5-8,11-14,17,20-22H2,1H3,(H,44,45). The average molecular weight is 639 g/mol. The highest BCUT2D eigenvalue weighted by Gasteiger charge is 2.41. The molecule has 2 saturated heterocycles. The van der Waals surface area contributed by atoms with Crippen LogP contribution in [-0.4, -0.2) is 59.6 Å². The second-order valence-electron chi connectivity index (χ2n) is 13.7. The van der Waals surface area contributed by atoms with Crippen molar-refractivity contribution >= 4 is 5.97 Å². The van der Waals surface area contributed by atoms with E-state index in [0.29, 0.717) is 57.2 Å². The maximum Gasteiger partial charge on any atom is 0.416 e. The molecule has 2 heterocycles. The highest BCUT2D eigenvalue weighted by atomic mass is 19.4. The van der Waals surface area contributed by atoms with Crippen molar-refractivity contribution in [2.75, 3.05) is 32.7 Å². The summed E-state index contributed by atoms with van der Waals surface area (Å²) >= 11 is 0. The lowest BCUT2D eigenvalue weighted by Crippen LogP contribution is -2.43. The maximum atomic E-state index is 14.2. The summed E-state index contributed by atoms with van der Waals surface area (Å²) in [7, 11) is 0. The third-order valence-electron chi connectivity index (χ3n) is 10.4. The van der Waals surface area contributed by atoms with Gasteiger partial charge in [0.1, 0.15) is 11.9 Å². The van der Waals surface area contributed by atoms with Gasteiger partial charge < -0.3 is 10.0 Å². The molecule has 1 saturated carbocycles. The fourth-order valence-corrected chi connectivity index (χ4v) is 7.55. The van der Waals surface area contributed by atoms with Crippen molar-refractivity contribution in [3.05, 3.63) is 70.5 Å². The lowest BCUT2D eigenvalue weighted by Gasteiger charge is -2.35. The summed E-state index contributed by atoms with van der Waals surface area (Å²) in [5.41, 5.74) is -0.460. The first kappa shape index (κ1) is 33.8. The van der Waals surface area contributed by atoms with Crippen LogP contribution in [0.3, 0.4) is 0 Å². The fourth-order valence-electron chi connectivity index (χ4n) is 7.55. The first-order chi connectivity index (χ1) is 21.3. The number of nitrogens with zero attached hydrogens (tertiary/aromatic N) is 2. The molecule has 5 rings (SSSR count). The number of likely N-dealkylation sites (tertiary alicyclic amines) is 2. The minimum absolute atomic E-state index is 0.0366. The van der Waals surface area contributed by atoms with E-state index in [9.17, 15) is 36.2 Å². The van der Waals surface area contributed by atoms with Crippen LogP contribution in [-0.2, 0) is 23.3 Å². The van der Waals surface area contributed by atoms with Gasteiger partial charge in [0.2, 0.25) is 0 Å². The Balaban J connectivity index is 1.16. The molecular weight excluding hydrogens is 594 g/mol. The van der Waals surface area contributed by atoms with Crippen molar-refractivity contribution in [1.29, 1.82) is 0 Å². The Morgan fingerprint density at radius 3 is 2.27 bits per heavy atom. The average Bonchev–Trinajstić information content (AvgIpc) is 3.35. The summed E-state index contributed by atoms with van der Waals surface area (Å²) in [6, 6.07) is 8.84. The van der Waals surface area contributed by atoms with Crippen molar-refractivity contribution in [1.82, 2.24) is 9.80 Å². The van der Waals surface area contributed by atoms with Gasteiger partial charge in [-0.15, -0.1) is 0 Å². The molecule has 0 radical (unpaired) electrons. The summed E-state index contributed by atoms with van der Waals surface area (Å²) in [6.45, 7) is 4.37. The third kappa shape index (κ3) is 8.82. The molecule has 2 aromatic carbocycles. The van der Waals surface area contributed by atoms with E-state index in [4.69, 9.17) is 0 Å². The molecule has 0 bridgehead atoms. The summed E-state index contributed by atoms with van der Waals surface area (Å²) in [6.07, 6.45) is 2.91. The smallest absolute Gasteiger partial charge is 0.416 e. The second kappa shape index (κ2) is 14.0. The molecule has 1 N–H and O–H groups in total. The van der Waals surface area contributed by atoms with Gasteiger partial charge in [0.05, 0.1) is 5.56 Å². The fraction of sp³-hybridized carbons (Fsp3) is 0.629. The van der Waals surface area contributed by atoms with Gasteiger partial charge in [-0.2, -0.15) is 13.2 Å². The van der Waals surface area contributed by atoms with Crippen LogP contribution in [0.5, 0.6) is 0 Å². The van der Waals surface area contributed by atoms with Gasteiger partial charge in [0.15, 0.2) is 0 Å². The van der Waals surface area contributed by atoms with Crippen molar-refractivity contribution in [3.63, 3.8) is 0 Å². The van der Waals surface area contributed by atoms with E-state index in [0.717, 1.165) is 69.8 Å². The van der Waals surface area contributed by atoms with E-state index < -0.39 is 35.2 Å². The zero-order valence-corrected chi connectivity index (χ0v) is 25.8. The Morgan fingerprint density at radius 1 is 0.956 bits per heavy atom. The number of carboxylic acid groups (broad SMARTS) is 1. The van der Waals surface area contributed by atoms with Gasteiger partial charge in [-0.3, -0.25) is 9.69 Å². The Hall–Kier alpha value is -2.59. The van der Waals surface area contributed by atoms with Crippen LogP contribution < -0.4 is 0 Å². The molecule has 4 nitrogen and oxygen atoms in total. The number of alkyl halides is 5. The number of aryl methyl sites for hydroxylation is 1. The third-order valence-corrected chi connectivity index (χ3v) is 10.4. The highest BCUT2D eigenvalue weighted by molar-refractivity contribution is 5.73.